The highest BCUT2D eigenvalue weighted by atomic mass is 19.1. The van der Waals surface area contributed by atoms with E-state index in [1.165, 1.54) is 40.7 Å². The highest BCUT2D eigenvalue weighted by Gasteiger charge is 2.29. The van der Waals surface area contributed by atoms with Gasteiger partial charge in [-0.05, 0) is 54.4 Å². The number of fused-ring (bicyclic) bond motifs is 3. The average Bonchev–Trinajstić information content (AvgIpc) is 3.44. The number of nitrogens with zero attached hydrogens (tertiary/aromatic N) is 5. The predicted molar refractivity (Wildman–Crippen MR) is 126 cm³/mol. The second kappa shape index (κ2) is 7.76. The first-order valence-electron chi connectivity index (χ1n) is 12.7. The van der Waals surface area contributed by atoms with Crippen molar-refractivity contribution >= 4 is 17.2 Å². The molecule has 33 heavy (non-hydrogen) atoms. The molecule has 4 aromatic rings. The first-order valence-corrected chi connectivity index (χ1v) is 11.2. The quantitative estimate of drug-likeness (QED) is 0.456. The Morgan fingerprint density at radius 2 is 2.12 bits per heavy atom. The molecular weight excluding hydrogens is 415 g/mol. The van der Waals surface area contributed by atoms with E-state index in [9.17, 15) is 4.39 Å². The third-order valence-electron chi connectivity index (χ3n) is 6.58. The van der Waals surface area contributed by atoms with Crippen LogP contribution in [-0.4, -0.2) is 30.6 Å². The van der Waals surface area contributed by atoms with Crippen molar-refractivity contribution in [3.63, 3.8) is 0 Å². The second-order valence-electron chi connectivity index (χ2n) is 8.82. The predicted octanol–water partition coefficient (Wildman–Crippen LogP) is 5.42. The zero-order valence-corrected chi connectivity index (χ0v) is 18.2. The van der Waals surface area contributed by atoms with Gasteiger partial charge < -0.3 is 5.32 Å². The molecule has 6 nitrogen and oxygen atoms in total. The largest absolute Gasteiger partial charge is 0.351 e. The van der Waals surface area contributed by atoms with Crippen LogP contribution >= 0.6 is 0 Å². The molecule has 7 heteroatoms. The van der Waals surface area contributed by atoms with Crippen LogP contribution in [0.2, 0.25) is 0 Å². The van der Waals surface area contributed by atoms with E-state index in [1.54, 1.807) is 11.4 Å². The second-order valence-corrected chi connectivity index (χ2v) is 8.82. The minimum absolute atomic E-state index is 0.110. The van der Waals surface area contributed by atoms with Gasteiger partial charge >= 0.3 is 0 Å². The fourth-order valence-electron chi connectivity index (χ4n) is 4.95. The molecule has 166 valence electrons. The van der Waals surface area contributed by atoms with Crippen molar-refractivity contribution in [1.82, 2.24) is 24.6 Å². The fourth-order valence-corrected chi connectivity index (χ4v) is 4.95. The molecule has 0 fully saturated rings. The summed E-state index contributed by atoms with van der Waals surface area (Å²) in [4.78, 5) is 13.2. The van der Waals surface area contributed by atoms with Crippen LogP contribution in [-0.2, 0) is 6.42 Å². The van der Waals surface area contributed by atoms with E-state index in [0.717, 1.165) is 31.9 Å². The van der Waals surface area contributed by atoms with E-state index in [-0.39, 0.29) is 11.9 Å². The van der Waals surface area contributed by atoms with Crippen molar-refractivity contribution < 1.29 is 8.50 Å². The lowest BCUT2D eigenvalue weighted by Gasteiger charge is -2.26. The Morgan fingerprint density at radius 1 is 1.21 bits per heavy atom. The summed E-state index contributed by atoms with van der Waals surface area (Å²) < 4.78 is 39.2. The number of anilines is 1. The van der Waals surface area contributed by atoms with E-state index >= 15 is 0 Å². The Bertz CT molecular complexity index is 1510. The summed E-state index contributed by atoms with van der Waals surface area (Å²) in [7, 11) is 0. The molecule has 3 heterocycles. The molecule has 0 radical (unpaired) electrons. The minimum Gasteiger partial charge on any atom is -0.351 e. The van der Waals surface area contributed by atoms with Crippen molar-refractivity contribution in [1.29, 1.82) is 0 Å². The lowest BCUT2D eigenvalue weighted by atomic mass is 9.88. The molecule has 1 aromatic carbocycles. The van der Waals surface area contributed by atoms with E-state index in [4.69, 9.17) is 4.11 Å². The van der Waals surface area contributed by atoms with Crippen molar-refractivity contribution in [2.75, 3.05) is 5.32 Å². The summed E-state index contributed by atoms with van der Waals surface area (Å²) in [6, 6.07) is 9.98. The molecule has 2 aliphatic carbocycles. The monoisotopic (exact) mass is 443 g/mol. The van der Waals surface area contributed by atoms with Crippen molar-refractivity contribution in [2.45, 2.75) is 51.4 Å². The van der Waals surface area contributed by atoms with Crippen LogP contribution in [0, 0.1) is 5.82 Å². The Kier molecular flexibility index (Phi) is 3.98. The van der Waals surface area contributed by atoms with Crippen molar-refractivity contribution in [3.8, 4) is 11.4 Å². The maximum Gasteiger partial charge on any atom is 0.228 e. The summed E-state index contributed by atoms with van der Waals surface area (Å²) in [5, 5.41) is 7.99. The zero-order valence-electron chi connectivity index (χ0n) is 21.2. The Morgan fingerprint density at radius 3 is 3.00 bits per heavy atom. The smallest absolute Gasteiger partial charge is 0.228 e. The van der Waals surface area contributed by atoms with Gasteiger partial charge in [-0.3, -0.25) is 4.98 Å². The Hall–Kier alpha value is -3.61. The number of aromatic nitrogens is 5. The first-order chi connectivity index (χ1) is 17.3. The number of allylic oxidation sites excluding steroid dienone is 1. The lowest BCUT2D eigenvalue weighted by Crippen LogP contribution is -2.25. The van der Waals surface area contributed by atoms with Crippen LogP contribution in [0.1, 0.15) is 59.8 Å². The van der Waals surface area contributed by atoms with E-state index < -0.39 is 18.6 Å². The summed E-state index contributed by atoms with van der Waals surface area (Å²) in [5.41, 5.74) is 6.89. The average molecular weight is 444 g/mol. The third kappa shape index (κ3) is 3.48. The summed E-state index contributed by atoms with van der Waals surface area (Å²) in [5.74, 6) is -0.572. The van der Waals surface area contributed by atoms with Gasteiger partial charge in [0.1, 0.15) is 5.82 Å². The molecule has 0 bridgehead atoms. The number of hydrogen-bond donors (Lipinski definition) is 1. The van der Waals surface area contributed by atoms with Gasteiger partial charge in [-0.2, -0.15) is 14.6 Å². The molecule has 0 spiro atoms. The van der Waals surface area contributed by atoms with Crippen LogP contribution in [0.3, 0.4) is 0 Å². The summed E-state index contributed by atoms with van der Waals surface area (Å²) in [6.45, 7) is -0.583. The van der Waals surface area contributed by atoms with Crippen molar-refractivity contribution in [3.05, 3.63) is 77.0 Å². The molecule has 6 rings (SSSR count). The molecular formula is C26H25FN6. The number of pyridine rings is 1. The third-order valence-corrected chi connectivity index (χ3v) is 6.58. The van der Waals surface area contributed by atoms with E-state index in [0.29, 0.717) is 22.7 Å². The number of nitrogens with one attached hydrogen (secondary N) is 1. The Balaban J connectivity index is 1.40. The number of benzene rings is 1. The molecule has 0 saturated carbocycles. The summed E-state index contributed by atoms with van der Waals surface area (Å²) >= 11 is 0. The first kappa shape index (κ1) is 16.9. The number of rotatable bonds is 4. The zero-order chi connectivity index (χ0) is 25.0. The summed E-state index contributed by atoms with van der Waals surface area (Å²) in [6.07, 6.45) is 7.96. The van der Waals surface area contributed by atoms with Gasteiger partial charge in [0.2, 0.25) is 5.95 Å². The van der Waals surface area contributed by atoms with E-state index in [2.05, 4.69) is 49.6 Å². The molecule has 2 atom stereocenters. The van der Waals surface area contributed by atoms with Crippen LogP contribution < -0.4 is 5.32 Å². The molecule has 0 aliphatic heterocycles. The van der Waals surface area contributed by atoms with Gasteiger partial charge in [-0.1, -0.05) is 43.6 Å². The molecule has 0 saturated heterocycles. The standard InChI is InChI=1S/C26H25FN6/c1-15(2)23-14-29-33-25(23)31-24(18-10-19(27)13-28-12-18)32-26(33)30-20-8-7-17-9-16-5-3-4-6-21(16)22(17)11-20/h3-6,10,12-15,20H,7-9,11H2,1-2H3,(H,30,31,32)/t20-/m1/s1/i1D3/t15?,20-. The number of halogens is 1. The van der Waals surface area contributed by atoms with Gasteiger partial charge in [0.15, 0.2) is 11.5 Å². The maximum atomic E-state index is 14.0. The fraction of sp³-hybridized carbons (Fsp3) is 0.308. The molecule has 3 aromatic heterocycles. The van der Waals surface area contributed by atoms with Gasteiger partial charge in [-0.25, -0.2) is 9.37 Å². The van der Waals surface area contributed by atoms with Crippen LogP contribution in [0.25, 0.3) is 22.6 Å². The van der Waals surface area contributed by atoms with E-state index in [1.807, 2.05) is 0 Å². The molecule has 2 aliphatic rings. The highest BCUT2D eigenvalue weighted by Crippen LogP contribution is 2.42. The number of hydrogen-bond acceptors (Lipinski definition) is 5. The van der Waals surface area contributed by atoms with Crippen LogP contribution in [0.4, 0.5) is 10.3 Å². The van der Waals surface area contributed by atoms with Crippen LogP contribution in [0.15, 0.2) is 54.5 Å². The topological polar surface area (TPSA) is 68.0 Å². The van der Waals surface area contributed by atoms with Gasteiger partial charge in [0, 0.05) is 27.5 Å². The molecule has 1 N–H and O–H groups in total. The molecule has 1 unspecified atom stereocenters. The Labute approximate surface area is 195 Å². The normalized spacial score (nSPS) is 20.1. The lowest BCUT2D eigenvalue weighted by molar-refractivity contribution is 0.621. The maximum absolute atomic E-state index is 14.0. The van der Waals surface area contributed by atoms with Gasteiger partial charge in [0.25, 0.3) is 0 Å². The minimum atomic E-state index is -2.22. The molecule has 0 amide bonds. The highest BCUT2D eigenvalue weighted by molar-refractivity contribution is 5.77. The van der Waals surface area contributed by atoms with Gasteiger partial charge in [-0.15, -0.1) is 0 Å². The van der Waals surface area contributed by atoms with Crippen LogP contribution in [0.5, 0.6) is 0 Å². The van der Waals surface area contributed by atoms with Crippen molar-refractivity contribution in [2.24, 2.45) is 0 Å². The SMILES string of the molecule is [2H]C([2H])([2H])C(C)c1cnn2c(N[C@@H]3CCC4=C(C3)c3ccccc3C4)nc(-c3cncc(F)c3)nc12. The van der Waals surface area contributed by atoms with Gasteiger partial charge in [0.05, 0.1) is 12.4 Å².